The second kappa shape index (κ2) is 11.3. The van der Waals surface area contributed by atoms with Crippen LogP contribution in [-0.4, -0.2) is 79.8 Å². The zero-order chi connectivity index (χ0) is 22.2. The first-order chi connectivity index (χ1) is 14.9. The molecule has 1 unspecified atom stereocenters. The van der Waals surface area contributed by atoms with E-state index in [1.54, 1.807) is 0 Å². The molecule has 2 aromatic rings. The molecule has 1 aliphatic rings. The number of hydrogen-bond acceptors (Lipinski definition) is 5. The lowest BCUT2D eigenvalue weighted by Crippen LogP contribution is -2.39. The van der Waals surface area contributed by atoms with Crippen molar-refractivity contribution in [3.8, 4) is 0 Å². The smallest absolute Gasteiger partial charge is 0.251 e. The lowest BCUT2D eigenvalue weighted by atomic mass is 10.1. The number of nitrogens with one attached hydrogen (secondary N) is 2. The number of aryl methyl sites for hydroxylation is 1. The number of carbonyl (C=O) groups is 1. The number of carbonyl (C=O) groups excluding carboxylic acids is 1. The Bertz CT molecular complexity index is 857. The van der Waals surface area contributed by atoms with Gasteiger partial charge in [0.05, 0.1) is 6.10 Å². The minimum atomic E-state index is -0.610. The lowest BCUT2D eigenvalue weighted by Gasteiger charge is -2.21. The number of nitrogens with zero attached hydrogens (tertiary/aromatic N) is 2. The minimum Gasteiger partial charge on any atom is -0.390 e. The maximum absolute atomic E-state index is 12.6. The second-order valence-corrected chi connectivity index (χ2v) is 8.78. The summed E-state index contributed by atoms with van der Waals surface area (Å²) in [6, 6.07) is 16.4. The van der Waals surface area contributed by atoms with Crippen molar-refractivity contribution in [2.75, 3.05) is 52.1 Å². The Labute approximate surface area is 186 Å². The molecule has 1 amide bonds. The number of amides is 1. The van der Waals surface area contributed by atoms with Gasteiger partial charge in [-0.1, -0.05) is 30.3 Å². The largest absolute Gasteiger partial charge is 0.390 e. The van der Waals surface area contributed by atoms with Crippen LogP contribution < -0.4 is 10.6 Å². The third-order valence-electron chi connectivity index (χ3n) is 5.93. The molecule has 1 fully saturated rings. The Hall–Kier alpha value is -2.41. The number of likely N-dealkylation sites (N-methyl/N-ethyl adjacent to an activating group) is 2. The molecule has 2 aromatic carbocycles. The van der Waals surface area contributed by atoms with Gasteiger partial charge in [0.1, 0.15) is 0 Å². The van der Waals surface area contributed by atoms with Crippen molar-refractivity contribution in [1.82, 2.24) is 15.1 Å². The average molecular weight is 425 g/mol. The van der Waals surface area contributed by atoms with Crippen LogP contribution in [0.3, 0.4) is 0 Å². The first-order valence-corrected chi connectivity index (χ1v) is 11.1. The van der Waals surface area contributed by atoms with Gasteiger partial charge >= 0.3 is 0 Å². The van der Waals surface area contributed by atoms with Crippen LogP contribution in [0, 0.1) is 6.92 Å². The molecular weight excluding hydrogens is 388 g/mol. The molecule has 6 heteroatoms. The predicted octanol–water partition coefficient (Wildman–Crippen LogP) is 2.38. The minimum absolute atomic E-state index is 0.159. The summed E-state index contributed by atoms with van der Waals surface area (Å²) in [5.41, 5.74) is 4.19. The Balaban J connectivity index is 1.41. The van der Waals surface area contributed by atoms with Gasteiger partial charge in [0, 0.05) is 43.5 Å². The van der Waals surface area contributed by atoms with E-state index in [4.69, 9.17) is 0 Å². The molecule has 1 saturated heterocycles. The number of hydrogen-bond donors (Lipinski definition) is 3. The van der Waals surface area contributed by atoms with E-state index < -0.39 is 6.10 Å². The van der Waals surface area contributed by atoms with Gasteiger partial charge in [-0.05, 0) is 69.7 Å². The Kier molecular flexibility index (Phi) is 8.46. The highest BCUT2D eigenvalue weighted by molar-refractivity contribution is 5.95. The molecule has 2 atom stereocenters. The van der Waals surface area contributed by atoms with Crippen molar-refractivity contribution in [1.29, 1.82) is 0 Å². The zero-order valence-electron chi connectivity index (χ0n) is 19.0. The van der Waals surface area contributed by atoms with Crippen molar-refractivity contribution in [3.63, 3.8) is 0 Å². The van der Waals surface area contributed by atoms with Crippen LogP contribution >= 0.6 is 0 Å². The molecule has 1 heterocycles. The summed E-state index contributed by atoms with van der Waals surface area (Å²) < 4.78 is 0. The topological polar surface area (TPSA) is 67.8 Å². The third kappa shape index (κ3) is 7.35. The molecule has 3 rings (SSSR count). The molecule has 0 spiro atoms. The van der Waals surface area contributed by atoms with Crippen molar-refractivity contribution in [3.05, 3.63) is 65.2 Å². The fourth-order valence-corrected chi connectivity index (χ4v) is 4.07. The number of rotatable bonds is 10. The number of anilines is 1. The van der Waals surface area contributed by atoms with Crippen LogP contribution in [0.4, 0.5) is 5.69 Å². The first kappa shape index (κ1) is 23.3. The zero-order valence-corrected chi connectivity index (χ0v) is 19.0. The number of benzene rings is 2. The molecule has 0 radical (unpaired) electrons. The maximum atomic E-state index is 12.6. The molecule has 1 aliphatic heterocycles. The van der Waals surface area contributed by atoms with E-state index in [1.165, 1.54) is 11.1 Å². The van der Waals surface area contributed by atoms with Gasteiger partial charge in [-0.25, -0.2) is 0 Å². The molecule has 0 saturated carbocycles. The van der Waals surface area contributed by atoms with Crippen molar-refractivity contribution < 1.29 is 9.90 Å². The summed E-state index contributed by atoms with van der Waals surface area (Å²) in [5, 5.41) is 16.7. The van der Waals surface area contributed by atoms with E-state index in [2.05, 4.69) is 52.6 Å². The van der Waals surface area contributed by atoms with Crippen LogP contribution in [0.15, 0.2) is 48.5 Å². The van der Waals surface area contributed by atoms with Gasteiger partial charge in [0.2, 0.25) is 0 Å². The number of aliphatic hydroxyl groups is 1. The van der Waals surface area contributed by atoms with Gasteiger partial charge < -0.3 is 25.5 Å². The molecule has 0 bridgehead atoms. The van der Waals surface area contributed by atoms with E-state index in [1.807, 2.05) is 37.4 Å². The Morgan fingerprint density at radius 1 is 1.26 bits per heavy atom. The molecule has 0 aromatic heterocycles. The van der Waals surface area contributed by atoms with Crippen LogP contribution in [0.5, 0.6) is 0 Å². The summed E-state index contributed by atoms with van der Waals surface area (Å²) in [6.07, 6.45) is 1.44. The van der Waals surface area contributed by atoms with E-state index in [9.17, 15) is 9.90 Å². The van der Waals surface area contributed by atoms with Gasteiger partial charge in [-0.2, -0.15) is 0 Å². The molecule has 0 aliphatic carbocycles. The summed E-state index contributed by atoms with van der Waals surface area (Å²) in [7, 11) is 4.12. The van der Waals surface area contributed by atoms with E-state index in [-0.39, 0.29) is 12.5 Å². The summed E-state index contributed by atoms with van der Waals surface area (Å²) in [5.74, 6) is -0.159. The fraction of sp³-hybridized carbons (Fsp3) is 0.480. The molecule has 31 heavy (non-hydrogen) atoms. The van der Waals surface area contributed by atoms with Crippen LogP contribution in [0.1, 0.15) is 27.9 Å². The molecular formula is C25H36N4O2. The highest BCUT2D eigenvalue weighted by Crippen LogP contribution is 2.16. The van der Waals surface area contributed by atoms with Crippen molar-refractivity contribution in [2.24, 2.45) is 0 Å². The summed E-state index contributed by atoms with van der Waals surface area (Å²) in [6.45, 7) is 5.84. The predicted molar refractivity (Wildman–Crippen MR) is 127 cm³/mol. The average Bonchev–Trinajstić information content (AvgIpc) is 3.16. The number of aliphatic hydroxyl groups excluding tert-OH is 1. The second-order valence-electron chi connectivity index (χ2n) is 8.78. The molecule has 3 N–H and O–H groups in total. The van der Waals surface area contributed by atoms with Crippen LogP contribution in [0.25, 0.3) is 0 Å². The van der Waals surface area contributed by atoms with Crippen LogP contribution in [-0.2, 0) is 6.42 Å². The van der Waals surface area contributed by atoms with Crippen LogP contribution in [0.2, 0.25) is 0 Å². The number of likely N-dealkylation sites (tertiary alicyclic amines) is 1. The van der Waals surface area contributed by atoms with Gasteiger partial charge in [-0.15, -0.1) is 0 Å². The standard InChI is InChI=1S/C25H36N4O2/c1-19-7-4-5-8-20(19)11-13-29(3)18-24(30)16-26-25(31)21-9-6-10-22(15-21)27-23-12-14-28(2)17-23/h4-10,15,23-24,27,30H,11-14,16-18H2,1-3H3,(H,26,31)/t23-,24?/m0/s1. The lowest BCUT2D eigenvalue weighted by molar-refractivity contribution is 0.0881. The Morgan fingerprint density at radius 2 is 2.06 bits per heavy atom. The third-order valence-corrected chi connectivity index (χ3v) is 5.93. The molecule has 168 valence electrons. The summed E-state index contributed by atoms with van der Waals surface area (Å²) >= 11 is 0. The van der Waals surface area contributed by atoms with Gasteiger partial charge in [0.15, 0.2) is 0 Å². The Morgan fingerprint density at radius 3 is 2.81 bits per heavy atom. The van der Waals surface area contributed by atoms with E-state index in [0.29, 0.717) is 18.2 Å². The van der Waals surface area contributed by atoms with Gasteiger partial charge in [0.25, 0.3) is 5.91 Å². The highest BCUT2D eigenvalue weighted by Gasteiger charge is 2.19. The SMILES string of the molecule is Cc1ccccc1CCN(C)CC(O)CNC(=O)c1cccc(N[C@H]2CCN(C)C2)c1. The van der Waals surface area contributed by atoms with Crippen molar-refractivity contribution in [2.45, 2.75) is 31.9 Å². The summed E-state index contributed by atoms with van der Waals surface area (Å²) in [4.78, 5) is 17.0. The van der Waals surface area contributed by atoms with Crippen molar-refractivity contribution >= 4 is 11.6 Å². The molecule has 6 nitrogen and oxygen atoms in total. The van der Waals surface area contributed by atoms with Gasteiger partial charge in [-0.3, -0.25) is 4.79 Å². The first-order valence-electron chi connectivity index (χ1n) is 11.1. The fourth-order valence-electron chi connectivity index (χ4n) is 4.07. The monoisotopic (exact) mass is 424 g/mol. The quantitative estimate of drug-likeness (QED) is 0.546. The highest BCUT2D eigenvalue weighted by atomic mass is 16.3. The van der Waals surface area contributed by atoms with E-state index in [0.717, 1.165) is 38.2 Å². The van der Waals surface area contributed by atoms with E-state index >= 15 is 0 Å². The maximum Gasteiger partial charge on any atom is 0.251 e. The normalized spacial score (nSPS) is 17.6.